The van der Waals surface area contributed by atoms with E-state index in [2.05, 4.69) is 10.2 Å². The molecule has 9 nitrogen and oxygen atoms in total. The molecule has 1 aliphatic heterocycles. The summed E-state index contributed by atoms with van der Waals surface area (Å²) in [5.74, 6) is 0.994. The molecule has 1 unspecified atom stereocenters. The second-order valence-electron chi connectivity index (χ2n) is 10.2. The fourth-order valence-corrected chi connectivity index (χ4v) is 3.89. The molecule has 0 saturated carbocycles. The predicted molar refractivity (Wildman–Crippen MR) is 143 cm³/mol. The molecular weight excluding hydrogens is 475 g/mol. The van der Waals surface area contributed by atoms with Crippen LogP contribution < -0.4 is 24.3 Å². The molecule has 1 atom stereocenters. The van der Waals surface area contributed by atoms with Crippen LogP contribution in [0.15, 0.2) is 36.4 Å². The molecule has 2 aromatic carbocycles. The van der Waals surface area contributed by atoms with Gasteiger partial charge in [0.25, 0.3) is 5.91 Å². The van der Waals surface area contributed by atoms with E-state index in [1.165, 1.54) is 21.3 Å². The summed E-state index contributed by atoms with van der Waals surface area (Å²) in [7, 11) is 7.82. The van der Waals surface area contributed by atoms with Crippen LogP contribution in [-0.2, 0) is 9.31 Å². The third-order valence-electron chi connectivity index (χ3n) is 6.80. The van der Waals surface area contributed by atoms with E-state index >= 15 is 0 Å². The maximum Gasteiger partial charge on any atom is 0.486 e. The van der Waals surface area contributed by atoms with Crippen LogP contribution in [-0.4, -0.2) is 77.7 Å². The van der Waals surface area contributed by atoms with Crippen molar-refractivity contribution in [2.45, 2.75) is 44.8 Å². The minimum atomic E-state index is -0.712. The first-order valence-electron chi connectivity index (χ1n) is 12.3. The molecule has 1 amide bonds. The second-order valence-corrected chi connectivity index (χ2v) is 10.2. The van der Waals surface area contributed by atoms with Gasteiger partial charge in [-0.2, -0.15) is 0 Å². The Kier molecular flexibility index (Phi) is 8.99. The number of carbonyl (C=O) groups is 1. The van der Waals surface area contributed by atoms with Crippen LogP contribution in [0.4, 0.5) is 0 Å². The maximum atomic E-state index is 13.5. The van der Waals surface area contributed by atoms with Crippen LogP contribution in [0.1, 0.15) is 49.6 Å². The highest BCUT2D eigenvalue weighted by molar-refractivity contribution is 6.48. The number of methoxy groups -OCH3 is 3. The molecule has 1 N–H and O–H groups in total. The Morgan fingerprint density at radius 2 is 1.49 bits per heavy atom. The van der Waals surface area contributed by atoms with Gasteiger partial charge in [-0.1, -0.05) is 12.1 Å². The van der Waals surface area contributed by atoms with Crippen molar-refractivity contribution in [3.63, 3.8) is 0 Å². The first kappa shape index (κ1) is 28.6. The monoisotopic (exact) mass is 514 g/mol. The van der Waals surface area contributed by atoms with Crippen molar-refractivity contribution in [2.75, 3.05) is 48.6 Å². The number of carbonyl (C=O) groups excluding carboxylic acids is 1. The number of hydrogen-bond acceptors (Lipinski definition) is 8. The number of ether oxygens (including phenoxy) is 4. The summed E-state index contributed by atoms with van der Waals surface area (Å²) in [6, 6.07) is 10.8. The zero-order valence-electron chi connectivity index (χ0n) is 23.3. The van der Waals surface area contributed by atoms with Gasteiger partial charge >= 0.3 is 7.12 Å². The van der Waals surface area contributed by atoms with E-state index in [0.717, 1.165) is 17.9 Å². The molecule has 202 valence electrons. The van der Waals surface area contributed by atoms with Crippen LogP contribution in [0.2, 0.25) is 0 Å². The standard InChI is InChI=1S/C27H39BN2O7/c1-26(2)27(3,4)37-28(36-26)24(18-10-12-20(13-11-18)35-15-14-30(5)6)29-25(31)19-16-21(32-7)23(34-9)22(17-19)33-8/h10-13,16-17,24H,14-15H2,1-9H3,(H,29,31). The molecule has 37 heavy (non-hydrogen) atoms. The molecule has 0 spiro atoms. The van der Waals surface area contributed by atoms with Gasteiger partial charge in [0.05, 0.1) is 38.5 Å². The number of nitrogens with one attached hydrogen (secondary N) is 1. The SMILES string of the molecule is COc1cc(C(=O)NC(B2OC(C)(C)C(C)(C)O2)c2ccc(OCCN(C)C)cc2)cc(OC)c1OC. The summed E-state index contributed by atoms with van der Waals surface area (Å²) < 4.78 is 34.7. The normalized spacial score (nSPS) is 16.9. The predicted octanol–water partition coefficient (Wildman–Crippen LogP) is 3.76. The minimum absolute atomic E-state index is 0.342. The van der Waals surface area contributed by atoms with Crippen LogP contribution >= 0.6 is 0 Å². The van der Waals surface area contributed by atoms with E-state index in [-0.39, 0.29) is 5.91 Å². The zero-order valence-corrected chi connectivity index (χ0v) is 23.3. The molecule has 0 aliphatic carbocycles. The first-order valence-corrected chi connectivity index (χ1v) is 12.3. The van der Waals surface area contributed by atoms with Crippen molar-refractivity contribution >= 4 is 13.0 Å². The number of likely N-dealkylation sites (N-methyl/N-ethyl adjacent to an activating group) is 1. The molecule has 0 aromatic heterocycles. The first-order chi connectivity index (χ1) is 17.4. The van der Waals surface area contributed by atoms with E-state index in [0.29, 0.717) is 29.4 Å². The van der Waals surface area contributed by atoms with E-state index in [1.807, 2.05) is 66.1 Å². The molecule has 1 heterocycles. The average molecular weight is 514 g/mol. The minimum Gasteiger partial charge on any atom is -0.493 e. The Bertz CT molecular complexity index is 1030. The zero-order chi connectivity index (χ0) is 27.4. The van der Waals surface area contributed by atoms with Gasteiger partial charge in [-0.15, -0.1) is 0 Å². The smallest absolute Gasteiger partial charge is 0.486 e. The highest BCUT2D eigenvalue weighted by Gasteiger charge is 2.54. The molecular formula is C27H39BN2O7. The lowest BCUT2D eigenvalue weighted by Gasteiger charge is -2.32. The molecule has 1 aliphatic rings. The lowest BCUT2D eigenvalue weighted by Crippen LogP contribution is -2.41. The van der Waals surface area contributed by atoms with Gasteiger partial charge in [-0.05, 0) is 71.6 Å². The number of hydrogen-bond donors (Lipinski definition) is 1. The molecule has 1 saturated heterocycles. The van der Waals surface area contributed by atoms with Gasteiger partial charge < -0.3 is 38.5 Å². The molecule has 1 fully saturated rings. The Morgan fingerprint density at radius 3 is 1.95 bits per heavy atom. The van der Waals surface area contributed by atoms with Gasteiger partial charge in [-0.25, -0.2) is 0 Å². The highest BCUT2D eigenvalue weighted by atomic mass is 16.7. The van der Waals surface area contributed by atoms with Crippen molar-refractivity contribution < 1.29 is 33.1 Å². The molecule has 10 heteroatoms. The summed E-state index contributed by atoms with van der Waals surface area (Å²) in [5.41, 5.74) is 0.0316. The summed E-state index contributed by atoms with van der Waals surface area (Å²) in [4.78, 5) is 15.6. The maximum absolute atomic E-state index is 13.5. The van der Waals surface area contributed by atoms with E-state index in [4.69, 9.17) is 28.3 Å². The summed E-state index contributed by atoms with van der Waals surface area (Å²) in [5, 5.41) is 3.10. The second kappa shape index (κ2) is 11.6. The van der Waals surface area contributed by atoms with Crippen LogP contribution in [0.5, 0.6) is 23.0 Å². The van der Waals surface area contributed by atoms with E-state index in [1.54, 1.807) is 12.1 Å². The van der Waals surface area contributed by atoms with Gasteiger partial charge in [0.1, 0.15) is 12.4 Å². The summed E-state index contributed by atoms with van der Waals surface area (Å²) in [6.07, 6.45) is 0. The molecule has 0 radical (unpaired) electrons. The lowest BCUT2D eigenvalue weighted by molar-refractivity contribution is 0.00578. The number of amides is 1. The van der Waals surface area contributed by atoms with Crippen molar-refractivity contribution in [1.82, 2.24) is 10.2 Å². The van der Waals surface area contributed by atoms with Crippen molar-refractivity contribution in [3.05, 3.63) is 47.5 Å². The quantitative estimate of drug-likeness (QED) is 0.454. The van der Waals surface area contributed by atoms with Gasteiger partial charge in [0.2, 0.25) is 5.75 Å². The highest BCUT2D eigenvalue weighted by Crippen LogP contribution is 2.41. The Morgan fingerprint density at radius 1 is 0.946 bits per heavy atom. The number of rotatable bonds is 11. The molecule has 0 bridgehead atoms. The van der Waals surface area contributed by atoms with Gasteiger partial charge in [0.15, 0.2) is 11.5 Å². The van der Waals surface area contributed by atoms with Crippen LogP contribution in [0.3, 0.4) is 0 Å². The Hall–Kier alpha value is -2.95. The number of benzene rings is 2. The van der Waals surface area contributed by atoms with E-state index in [9.17, 15) is 4.79 Å². The lowest BCUT2D eigenvalue weighted by atomic mass is 9.74. The van der Waals surface area contributed by atoms with Crippen molar-refractivity contribution in [3.8, 4) is 23.0 Å². The fraction of sp³-hybridized carbons (Fsp3) is 0.519. The van der Waals surface area contributed by atoms with Crippen molar-refractivity contribution in [1.29, 1.82) is 0 Å². The largest absolute Gasteiger partial charge is 0.493 e. The fourth-order valence-electron chi connectivity index (χ4n) is 3.89. The molecule has 3 rings (SSSR count). The Balaban J connectivity index is 1.91. The third kappa shape index (κ3) is 6.50. The van der Waals surface area contributed by atoms with Crippen LogP contribution in [0, 0.1) is 0 Å². The van der Waals surface area contributed by atoms with Gasteiger partial charge in [-0.3, -0.25) is 4.79 Å². The summed E-state index contributed by atoms with van der Waals surface area (Å²) in [6.45, 7) is 9.30. The topological polar surface area (TPSA) is 87.7 Å². The van der Waals surface area contributed by atoms with Gasteiger partial charge in [0, 0.05) is 12.1 Å². The Labute approximate surface area is 220 Å². The average Bonchev–Trinajstić information content (AvgIpc) is 3.07. The molecule has 2 aromatic rings. The summed E-state index contributed by atoms with van der Waals surface area (Å²) >= 11 is 0. The van der Waals surface area contributed by atoms with Crippen LogP contribution in [0.25, 0.3) is 0 Å². The third-order valence-corrected chi connectivity index (χ3v) is 6.80. The van der Waals surface area contributed by atoms with E-state index < -0.39 is 24.3 Å². The number of nitrogens with zero attached hydrogens (tertiary/aromatic N) is 1. The van der Waals surface area contributed by atoms with Crippen molar-refractivity contribution in [2.24, 2.45) is 0 Å².